The standard InChI is InChI=1S/C12H18N4/c1-8(2)9(3)7-15-12-5-4-10(14)11(6-13)16-12/h4-5,8-9H,7,14H2,1-3H3,(H,15,16). The van der Waals surface area contributed by atoms with E-state index in [4.69, 9.17) is 11.0 Å². The zero-order valence-electron chi connectivity index (χ0n) is 9.99. The molecule has 0 radical (unpaired) electrons. The van der Waals surface area contributed by atoms with Gasteiger partial charge in [-0.3, -0.25) is 0 Å². The van der Waals surface area contributed by atoms with Gasteiger partial charge in [-0.2, -0.15) is 5.26 Å². The van der Waals surface area contributed by atoms with Gasteiger partial charge in [-0.1, -0.05) is 20.8 Å². The van der Waals surface area contributed by atoms with Gasteiger partial charge in [0.1, 0.15) is 11.9 Å². The fourth-order valence-electron chi connectivity index (χ4n) is 1.16. The first-order valence-electron chi connectivity index (χ1n) is 5.45. The van der Waals surface area contributed by atoms with Crippen molar-refractivity contribution in [2.75, 3.05) is 17.6 Å². The van der Waals surface area contributed by atoms with E-state index in [-0.39, 0.29) is 5.69 Å². The Labute approximate surface area is 96.5 Å². The van der Waals surface area contributed by atoms with Crippen LogP contribution in [0.1, 0.15) is 26.5 Å². The highest BCUT2D eigenvalue weighted by Crippen LogP contribution is 2.14. The van der Waals surface area contributed by atoms with Crippen molar-refractivity contribution < 1.29 is 0 Å². The molecule has 1 rings (SSSR count). The Morgan fingerprint density at radius 1 is 1.44 bits per heavy atom. The van der Waals surface area contributed by atoms with Crippen molar-refractivity contribution in [3.63, 3.8) is 0 Å². The molecule has 1 atom stereocenters. The van der Waals surface area contributed by atoms with Crippen molar-refractivity contribution in [1.82, 2.24) is 4.98 Å². The van der Waals surface area contributed by atoms with E-state index in [9.17, 15) is 0 Å². The third-order valence-corrected chi connectivity index (χ3v) is 2.78. The molecule has 1 aromatic heterocycles. The third-order valence-electron chi connectivity index (χ3n) is 2.78. The number of nitriles is 1. The molecule has 0 saturated heterocycles. The van der Waals surface area contributed by atoms with Crippen LogP contribution in [-0.4, -0.2) is 11.5 Å². The predicted molar refractivity (Wildman–Crippen MR) is 65.9 cm³/mol. The molecular weight excluding hydrogens is 200 g/mol. The molecule has 0 aromatic carbocycles. The Hall–Kier alpha value is -1.76. The van der Waals surface area contributed by atoms with E-state index in [1.54, 1.807) is 12.1 Å². The highest BCUT2D eigenvalue weighted by atomic mass is 15.0. The average Bonchev–Trinajstić information content (AvgIpc) is 2.27. The summed E-state index contributed by atoms with van der Waals surface area (Å²) in [6, 6.07) is 5.47. The van der Waals surface area contributed by atoms with Crippen LogP contribution in [0.2, 0.25) is 0 Å². The number of nitrogens with two attached hydrogens (primary N) is 1. The van der Waals surface area contributed by atoms with Gasteiger partial charge in [0.2, 0.25) is 0 Å². The normalized spacial score (nSPS) is 12.2. The van der Waals surface area contributed by atoms with Crippen LogP contribution in [0.25, 0.3) is 0 Å². The molecule has 3 N–H and O–H groups in total. The van der Waals surface area contributed by atoms with Crippen molar-refractivity contribution in [2.24, 2.45) is 11.8 Å². The smallest absolute Gasteiger partial charge is 0.165 e. The summed E-state index contributed by atoms with van der Waals surface area (Å²) in [5, 5.41) is 12.0. The molecule has 1 aromatic rings. The highest BCUT2D eigenvalue weighted by Gasteiger charge is 2.07. The molecule has 0 aliphatic carbocycles. The molecule has 4 nitrogen and oxygen atoms in total. The molecule has 0 fully saturated rings. The van der Waals surface area contributed by atoms with Crippen LogP contribution in [0, 0.1) is 23.2 Å². The first-order chi connectivity index (χ1) is 7.54. The topological polar surface area (TPSA) is 74.7 Å². The SMILES string of the molecule is CC(C)C(C)CNc1ccc(N)c(C#N)n1. The molecular formula is C12H18N4. The maximum absolute atomic E-state index is 8.79. The summed E-state index contributed by atoms with van der Waals surface area (Å²) in [6.07, 6.45) is 0. The number of rotatable bonds is 4. The van der Waals surface area contributed by atoms with Crippen LogP contribution in [0.3, 0.4) is 0 Å². The number of pyridine rings is 1. The highest BCUT2D eigenvalue weighted by molar-refractivity contribution is 5.54. The zero-order chi connectivity index (χ0) is 12.1. The summed E-state index contributed by atoms with van der Waals surface area (Å²) in [5.74, 6) is 1.89. The molecule has 86 valence electrons. The van der Waals surface area contributed by atoms with Gasteiger partial charge in [-0.15, -0.1) is 0 Å². The van der Waals surface area contributed by atoms with Crippen molar-refractivity contribution in [3.8, 4) is 6.07 Å². The molecule has 0 amide bonds. The molecule has 4 heteroatoms. The summed E-state index contributed by atoms with van der Waals surface area (Å²) < 4.78 is 0. The van der Waals surface area contributed by atoms with E-state index in [0.717, 1.165) is 6.54 Å². The number of anilines is 2. The number of nitrogen functional groups attached to an aromatic ring is 1. The van der Waals surface area contributed by atoms with Crippen LogP contribution >= 0.6 is 0 Å². The lowest BCUT2D eigenvalue weighted by Gasteiger charge is -2.16. The first kappa shape index (κ1) is 12.3. The van der Waals surface area contributed by atoms with Gasteiger partial charge in [0, 0.05) is 6.54 Å². The molecule has 1 unspecified atom stereocenters. The van der Waals surface area contributed by atoms with Crippen molar-refractivity contribution >= 4 is 11.5 Å². The van der Waals surface area contributed by atoms with Crippen LogP contribution in [0.15, 0.2) is 12.1 Å². The van der Waals surface area contributed by atoms with E-state index in [0.29, 0.717) is 23.3 Å². The fourth-order valence-corrected chi connectivity index (χ4v) is 1.16. The maximum atomic E-state index is 8.79. The van der Waals surface area contributed by atoms with Crippen molar-refractivity contribution in [1.29, 1.82) is 5.26 Å². The predicted octanol–water partition coefficient (Wildman–Crippen LogP) is 2.24. The average molecular weight is 218 g/mol. The molecule has 0 spiro atoms. The molecule has 0 saturated carbocycles. The Kier molecular flexibility index (Phi) is 4.12. The van der Waals surface area contributed by atoms with E-state index < -0.39 is 0 Å². The Morgan fingerprint density at radius 3 is 2.69 bits per heavy atom. The number of aromatic nitrogens is 1. The molecule has 0 aliphatic rings. The largest absolute Gasteiger partial charge is 0.396 e. The summed E-state index contributed by atoms with van der Waals surface area (Å²) in [7, 11) is 0. The van der Waals surface area contributed by atoms with E-state index in [2.05, 4.69) is 31.1 Å². The van der Waals surface area contributed by atoms with Crippen molar-refractivity contribution in [3.05, 3.63) is 17.8 Å². The molecule has 0 aliphatic heterocycles. The number of nitrogens with zero attached hydrogens (tertiary/aromatic N) is 2. The molecule has 1 heterocycles. The minimum atomic E-state index is 0.280. The third kappa shape index (κ3) is 3.13. The molecule has 0 bridgehead atoms. The lowest BCUT2D eigenvalue weighted by molar-refractivity contribution is 0.439. The van der Waals surface area contributed by atoms with Crippen LogP contribution in [0.5, 0.6) is 0 Å². The second-order valence-electron chi connectivity index (χ2n) is 4.35. The van der Waals surface area contributed by atoms with Gasteiger partial charge in [0.25, 0.3) is 0 Å². The van der Waals surface area contributed by atoms with Gasteiger partial charge >= 0.3 is 0 Å². The van der Waals surface area contributed by atoms with E-state index >= 15 is 0 Å². The van der Waals surface area contributed by atoms with Crippen LogP contribution in [0.4, 0.5) is 11.5 Å². The second kappa shape index (κ2) is 5.36. The summed E-state index contributed by atoms with van der Waals surface area (Å²) in [4.78, 5) is 4.12. The summed E-state index contributed by atoms with van der Waals surface area (Å²) in [5.41, 5.74) is 6.29. The van der Waals surface area contributed by atoms with Gasteiger partial charge in [-0.05, 0) is 24.0 Å². The fraction of sp³-hybridized carbons (Fsp3) is 0.500. The minimum Gasteiger partial charge on any atom is -0.396 e. The Balaban J connectivity index is 2.65. The summed E-state index contributed by atoms with van der Waals surface area (Å²) >= 11 is 0. The van der Waals surface area contributed by atoms with Gasteiger partial charge < -0.3 is 11.1 Å². The Morgan fingerprint density at radius 2 is 2.12 bits per heavy atom. The summed E-state index contributed by atoms with van der Waals surface area (Å²) in [6.45, 7) is 7.40. The first-order valence-corrected chi connectivity index (χ1v) is 5.45. The van der Waals surface area contributed by atoms with Gasteiger partial charge in [0.15, 0.2) is 5.69 Å². The van der Waals surface area contributed by atoms with E-state index in [1.165, 1.54) is 0 Å². The number of nitrogens with one attached hydrogen (secondary N) is 1. The van der Waals surface area contributed by atoms with E-state index in [1.807, 2.05) is 6.07 Å². The lowest BCUT2D eigenvalue weighted by Crippen LogP contribution is -2.17. The van der Waals surface area contributed by atoms with Crippen LogP contribution < -0.4 is 11.1 Å². The Bertz CT molecular complexity index is 392. The number of hydrogen-bond donors (Lipinski definition) is 2. The monoisotopic (exact) mass is 218 g/mol. The quantitative estimate of drug-likeness (QED) is 0.812. The van der Waals surface area contributed by atoms with Gasteiger partial charge in [0.05, 0.1) is 5.69 Å². The van der Waals surface area contributed by atoms with Gasteiger partial charge in [-0.25, -0.2) is 4.98 Å². The van der Waals surface area contributed by atoms with Crippen molar-refractivity contribution in [2.45, 2.75) is 20.8 Å². The maximum Gasteiger partial charge on any atom is 0.165 e. The lowest BCUT2D eigenvalue weighted by atomic mass is 9.98. The van der Waals surface area contributed by atoms with Crippen LogP contribution in [-0.2, 0) is 0 Å². The molecule has 16 heavy (non-hydrogen) atoms. The number of hydrogen-bond acceptors (Lipinski definition) is 4. The minimum absolute atomic E-state index is 0.280. The second-order valence-corrected chi connectivity index (χ2v) is 4.35. The zero-order valence-corrected chi connectivity index (χ0v) is 9.99.